The second-order valence-corrected chi connectivity index (χ2v) is 3.30. The Bertz CT molecular complexity index is 470. The lowest BCUT2D eigenvalue weighted by Crippen LogP contribution is -2.04. The molecule has 1 aromatic carbocycles. The van der Waals surface area contributed by atoms with Gasteiger partial charge >= 0.3 is 0 Å². The van der Waals surface area contributed by atoms with Crippen LogP contribution in [0.2, 0.25) is 0 Å². The Kier molecular flexibility index (Phi) is 2.86. The van der Waals surface area contributed by atoms with Crippen molar-refractivity contribution < 1.29 is 5.11 Å². The molecule has 0 saturated carbocycles. The minimum absolute atomic E-state index is 0.206. The average molecular weight is 216 g/mol. The number of benzene rings is 1. The molecule has 0 unspecified atom stereocenters. The van der Waals surface area contributed by atoms with Gasteiger partial charge in [-0.15, -0.1) is 0 Å². The van der Waals surface area contributed by atoms with Crippen molar-refractivity contribution in [2.75, 3.05) is 11.1 Å². The number of nitrogens with zero attached hydrogens (tertiary/aromatic N) is 2. The molecule has 0 saturated heterocycles. The van der Waals surface area contributed by atoms with Gasteiger partial charge in [0.05, 0.1) is 30.3 Å². The van der Waals surface area contributed by atoms with Crippen molar-refractivity contribution in [3.05, 3.63) is 42.5 Å². The summed E-state index contributed by atoms with van der Waals surface area (Å²) < 4.78 is 0. The highest BCUT2D eigenvalue weighted by atomic mass is 16.3. The summed E-state index contributed by atoms with van der Waals surface area (Å²) in [6.07, 6.45) is 3.10. The summed E-state index contributed by atoms with van der Waals surface area (Å²) in [7, 11) is 0. The summed E-state index contributed by atoms with van der Waals surface area (Å²) in [5.74, 6) is 0.829. The number of para-hydroxylation sites is 2. The number of anilines is 2. The van der Waals surface area contributed by atoms with Crippen LogP contribution in [0.1, 0.15) is 5.82 Å². The van der Waals surface area contributed by atoms with Crippen LogP contribution < -0.4 is 11.1 Å². The molecule has 82 valence electrons. The average Bonchev–Trinajstić information content (AvgIpc) is 2.30. The fraction of sp³-hybridized carbons (Fsp3) is 0.0909. The number of phenols is 1. The van der Waals surface area contributed by atoms with E-state index < -0.39 is 0 Å². The maximum absolute atomic E-state index is 9.51. The number of aromatic hydroxyl groups is 1. The second kappa shape index (κ2) is 4.48. The lowest BCUT2D eigenvalue weighted by atomic mass is 10.3. The lowest BCUT2D eigenvalue weighted by molar-refractivity contribution is 0.477. The van der Waals surface area contributed by atoms with Gasteiger partial charge in [0.15, 0.2) is 0 Å². The van der Waals surface area contributed by atoms with Crippen LogP contribution in [0.15, 0.2) is 36.7 Å². The van der Waals surface area contributed by atoms with E-state index in [-0.39, 0.29) is 5.75 Å². The zero-order chi connectivity index (χ0) is 11.4. The molecule has 16 heavy (non-hydrogen) atoms. The summed E-state index contributed by atoms with van der Waals surface area (Å²) in [6.45, 7) is 0.442. The van der Waals surface area contributed by atoms with Gasteiger partial charge in [-0.05, 0) is 12.1 Å². The third-order valence-corrected chi connectivity index (χ3v) is 2.07. The summed E-state index contributed by atoms with van der Waals surface area (Å²) in [5, 5.41) is 12.5. The van der Waals surface area contributed by atoms with Crippen LogP contribution in [0.3, 0.4) is 0 Å². The van der Waals surface area contributed by atoms with E-state index in [9.17, 15) is 5.11 Å². The Labute approximate surface area is 93.0 Å². The van der Waals surface area contributed by atoms with Crippen LogP contribution in [-0.4, -0.2) is 15.1 Å². The van der Waals surface area contributed by atoms with Gasteiger partial charge in [-0.25, -0.2) is 9.97 Å². The van der Waals surface area contributed by atoms with Gasteiger partial charge in [0.1, 0.15) is 11.6 Å². The number of rotatable bonds is 3. The number of nitrogens with one attached hydrogen (secondary N) is 1. The van der Waals surface area contributed by atoms with Gasteiger partial charge in [-0.2, -0.15) is 0 Å². The zero-order valence-corrected chi connectivity index (χ0v) is 8.59. The fourth-order valence-electron chi connectivity index (χ4n) is 1.25. The van der Waals surface area contributed by atoms with Crippen LogP contribution >= 0.6 is 0 Å². The Hall–Kier alpha value is -2.30. The van der Waals surface area contributed by atoms with E-state index in [1.165, 1.54) is 0 Å². The van der Waals surface area contributed by atoms with Crippen molar-refractivity contribution in [2.45, 2.75) is 6.54 Å². The highest BCUT2D eigenvalue weighted by Gasteiger charge is 2.00. The highest BCUT2D eigenvalue weighted by Crippen LogP contribution is 2.21. The molecular weight excluding hydrogens is 204 g/mol. The van der Waals surface area contributed by atoms with Crippen LogP contribution in [0.4, 0.5) is 11.4 Å². The van der Waals surface area contributed by atoms with Gasteiger partial charge in [0.2, 0.25) is 0 Å². The van der Waals surface area contributed by atoms with E-state index in [0.29, 0.717) is 23.7 Å². The van der Waals surface area contributed by atoms with E-state index in [0.717, 1.165) is 0 Å². The zero-order valence-electron chi connectivity index (χ0n) is 8.59. The number of phenolic OH excluding ortho intramolecular Hbond substituents is 1. The number of nitrogens with two attached hydrogens (primary N) is 1. The standard InChI is InChI=1S/C11H12N4O/c12-8-5-14-11(15-6-8)7-13-9-3-1-2-4-10(9)16/h1-6,13,16H,7,12H2. The first kappa shape index (κ1) is 10.2. The molecule has 0 aliphatic carbocycles. The van der Waals surface area contributed by atoms with Crippen LogP contribution in [0, 0.1) is 0 Å². The molecule has 5 nitrogen and oxygen atoms in total. The Balaban J connectivity index is 2.02. The van der Waals surface area contributed by atoms with E-state index in [1.807, 2.05) is 6.07 Å². The SMILES string of the molecule is Nc1cnc(CNc2ccccc2O)nc1. The number of aromatic nitrogens is 2. The predicted octanol–water partition coefficient (Wildman–Crippen LogP) is 1.38. The first-order chi connectivity index (χ1) is 7.75. The normalized spacial score (nSPS) is 10.0. The van der Waals surface area contributed by atoms with Crippen molar-refractivity contribution in [3.63, 3.8) is 0 Å². The van der Waals surface area contributed by atoms with Crippen LogP contribution in [0.5, 0.6) is 5.75 Å². The fourth-order valence-corrected chi connectivity index (χ4v) is 1.25. The molecule has 2 rings (SSSR count). The Morgan fingerprint density at radius 2 is 1.88 bits per heavy atom. The number of nitrogen functional groups attached to an aromatic ring is 1. The molecule has 0 aliphatic rings. The van der Waals surface area contributed by atoms with Gasteiger partial charge in [0, 0.05) is 0 Å². The van der Waals surface area contributed by atoms with Crippen molar-refractivity contribution in [1.82, 2.24) is 9.97 Å². The summed E-state index contributed by atoms with van der Waals surface area (Å²) in [5.41, 5.74) is 6.66. The third-order valence-electron chi connectivity index (χ3n) is 2.07. The monoisotopic (exact) mass is 216 g/mol. The van der Waals surface area contributed by atoms with Crippen LogP contribution in [0.25, 0.3) is 0 Å². The first-order valence-electron chi connectivity index (χ1n) is 4.84. The molecule has 0 aliphatic heterocycles. The van der Waals surface area contributed by atoms with E-state index in [2.05, 4.69) is 15.3 Å². The van der Waals surface area contributed by atoms with Crippen molar-refractivity contribution in [2.24, 2.45) is 0 Å². The molecule has 0 fully saturated rings. The quantitative estimate of drug-likeness (QED) is 0.675. The molecule has 1 aromatic heterocycles. The lowest BCUT2D eigenvalue weighted by Gasteiger charge is -2.06. The molecule has 4 N–H and O–H groups in total. The molecule has 0 bridgehead atoms. The van der Waals surface area contributed by atoms with Crippen molar-refractivity contribution >= 4 is 11.4 Å². The van der Waals surface area contributed by atoms with Gasteiger partial charge in [-0.3, -0.25) is 0 Å². The molecule has 0 spiro atoms. The van der Waals surface area contributed by atoms with E-state index >= 15 is 0 Å². The largest absolute Gasteiger partial charge is 0.506 e. The second-order valence-electron chi connectivity index (χ2n) is 3.30. The maximum Gasteiger partial charge on any atom is 0.147 e. The topological polar surface area (TPSA) is 84.1 Å². The molecule has 0 atom stereocenters. The van der Waals surface area contributed by atoms with Crippen LogP contribution in [-0.2, 0) is 6.54 Å². The summed E-state index contributed by atoms with van der Waals surface area (Å²) >= 11 is 0. The molecule has 2 aromatic rings. The van der Waals surface area contributed by atoms with E-state index in [4.69, 9.17) is 5.73 Å². The Morgan fingerprint density at radius 1 is 1.19 bits per heavy atom. The Morgan fingerprint density at radius 3 is 2.56 bits per heavy atom. The van der Waals surface area contributed by atoms with Gasteiger partial charge in [0.25, 0.3) is 0 Å². The molecule has 1 heterocycles. The number of hydrogen-bond acceptors (Lipinski definition) is 5. The van der Waals surface area contributed by atoms with Crippen molar-refractivity contribution in [3.8, 4) is 5.75 Å². The van der Waals surface area contributed by atoms with E-state index in [1.54, 1.807) is 30.6 Å². The van der Waals surface area contributed by atoms with Crippen molar-refractivity contribution in [1.29, 1.82) is 0 Å². The summed E-state index contributed by atoms with van der Waals surface area (Å²) in [4.78, 5) is 8.09. The maximum atomic E-state index is 9.51. The molecule has 0 amide bonds. The predicted molar refractivity (Wildman–Crippen MR) is 61.9 cm³/mol. The third kappa shape index (κ3) is 2.38. The van der Waals surface area contributed by atoms with Gasteiger partial charge < -0.3 is 16.2 Å². The highest BCUT2D eigenvalue weighted by molar-refractivity contribution is 5.55. The minimum atomic E-state index is 0.206. The summed E-state index contributed by atoms with van der Waals surface area (Å²) in [6, 6.07) is 7.00. The minimum Gasteiger partial charge on any atom is -0.506 e. The first-order valence-corrected chi connectivity index (χ1v) is 4.84. The number of hydrogen-bond donors (Lipinski definition) is 3. The molecule has 5 heteroatoms. The molecule has 0 radical (unpaired) electrons. The van der Waals surface area contributed by atoms with Gasteiger partial charge in [-0.1, -0.05) is 12.1 Å². The smallest absolute Gasteiger partial charge is 0.147 e. The molecular formula is C11H12N4O.